The van der Waals surface area contributed by atoms with E-state index in [9.17, 15) is 14.4 Å². The van der Waals surface area contributed by atoms with E-state index >= 15 is 0 Å². The Morgan fingerprint density at radius 2 is 1.77 bits per heavy atom. The van der Waals surface area contributed by atoms with Crippen molar-refractivity contribution in [3.8, 4) is 0 Å². The maximum Gasteiger partial charge on any atom is 0.338 e. The highest BCUT2D eigenvalue weighted by molar-refractivity contribution is 7.98. The van der Waals surface area contributed by atoms with E-state index in [1.165, 1.54) is 24.9 Å². The van der Waals surface area contributed by atoms with Gasteiger partial charge in [0.2, 0.25) is 0 Å². The molecule has 3 aromatic carbocycles. The molecule has 1 heterocycles. The second-order valence-electron chi connectivity index (χ2n) is 7.54. The number of nitrogens with zero attached hydrogens (tertiary/aromatic N) is 1. The third-order valence-electron chi connectivity index (χ3n) is 5.13. The van der Waals surface area contributed by atoms with Gasteiger partial charge in [-0.25, -0.2) is 14.6 Å². The molecule has 0 fully saturated rings. The summed E-state index contributed by atoms with van der Waals surface area (Å²) in [4.78, 5) is 41.3. The van der Waals surface area contributed by atoms with Crippen LogP contribution in [0.4, 0.5) is 5.69 Å². The van der Waals surface area contributed by atoms with Crippen LogP contribution in [0.1, 0.15) is 31.8 Å². The molecule has 0 bridgehead atoms. The monoisotopic (exact) mass is 490 g/mol. The molecule has 1 aromatic heterocycles. The molecule has 0 aliphatic carbocycles. The molecular weight excluding hydrogens is 468 g/mol. The van der Waals surface area contributed by atoms with Crippen molar-refractivity contribution in [2.45, 2.75) is 17.9 Å². The molecule has 0 unspecified atom stereocenters. The fourth-order valence-corrected chi connectivity index (χ4v) is 4.14. The minimum absolute atomic E-state index is 0.302. The summed E-state index contributed by atoms with van der Waals surface area (Å²) in [5, 5.41) is 3.16. The predicted molar refractivity (Wildman–Crippen MR) is 131 cm³/mol. The van der Waals surface area contributed by atoms with Gasteiger partial charge < -0.3 is 19.2 Å². The number of amides is 1. The summed E-state index contributed by atoms with van der Waals surface area (Å²) in [7, 11) is 1.28. The number of aromatic nitrogens is 1. The van der Waals surface area contributed by atoms with Crippen molar-refractivity contribution >= 4 is 46.4 Å². The average Bonchev–Trinajstić information content (AvgIpc) is 3.30. The maximum atomic E-state index is 12.7. The molecule has 8 nitrogen and oxygen atoms in total. The molecule has 0 aliphatic rings. The van der Waals surface area contributed by atoms with Crippen LogP contribution in [0.3, 0.4) is 0 Å². The number of ether oxygens (including phenoxy) is 2. The number of nitrogens with one attached hydrogen (secondary N) is 1. The molecule has 178 valence electrons. The van der Waals surface area contributed by atoms with Crippen molar-refractivity contribution < 1.29 is 28.3 Å². The quantitative estimate of drug-likeness (QED) is 0.271. The second kappa shape index (κ2) is 10.9. The third-order valence-corrected chi connectivity index (χ3v) is 6.01. The number of methoxy groups -OCH3 is 1. The van der Waals surface area contributed by atoms with E-state index in [2.05, 4.69) is 10.3 Å². The molecule has 0 aliphatic heterocycles. The topological polar surface area (TPSA) is 108 Å². The average molecular weight is 491 g/mol. The van der Waals surface area contributed by atoms with Crippen LogP contribution in [-0.4, -0.2) is 36.5 Å². The molecule has 0 saturated heterocycles. The summed E-state index contributed by atoms with van der Waals surface area (Å²) in [5.74, 6) is -1.22. The third kappa shape index (κ3) is 5.88. The maximum absolute atomic E-state index is 12.7. The number of thioether (sulfide) groups is 1. The number of hydrogen-bond acceptors (Lipinski definition) is 8. The second-order valence-corrected chi connectivity index (χ2v) is 8.47. The lowest BCUT2D eigenvalue weighted by molar-refractivity contribution is -0.119. The van der Waals surface area contributed by atoms with E-state index in [0.717, 1.165) is 16.6 Å². The van der Waals surface area contributed by atoms with Gasteiger partial charge in [0.05, 0.1) is 18.2 Å². The number of carbonyl (C=O) groups is 3. The van der Waals surface area contributed by atoms with Crippen LogP contribution in [0.25, 0.3) is 11.1 Å². The van der Waals surface area contributed by atoms with Gasteiger partial charge >= 0.3 is 11.9 Å². The molecule has 0 radical (unpaired) electrons. The normalized spacial score (nSPS) is 10.7. The predicted octanol–water partition coefficient (Wildman–Crippen LogP) is 5.01. The lowest BCUT2D eigenvalue weighted by Crippen LogP contribution is -2.22. The number of oxazole rings is 1. The Hall–Kier alpha value is -4.11. The highest BCUT2D eigenvalue weighted by Crippen LogP contribution is 2.27. The Bertz CT molecular complexity index is 1360. The number of hydrogen-bond donors (Lipinski definition) is 1. The van der Waals surface area contributed by atoms with Crippen molar-refractivity contribution in [3.63, 3.8) is 0 Å². The molecule has 0 atom stereocenters. The van der Waals surface area contributed by atoms with E-state index in [1.54, 1.807) is 31.2 Å². The molecule has 35 heavy (non-hydrogen) atoms. The first-order valence-electron chi connectivity index (χ1n) is 10.7. The van der Waals surface area contributed by atoms with Gasteiger partial charge in [-0.2, -0.15) is 0 Å². The largest absolute Gasteiger partial charge is 0.465 e. The smallest absolute Gasteiger partial charge is 0.338 e. The molecule has 4 rings (SSSR count). The lowest BCUT2D eigenvalue weighted by atomic mass is 10.1. The first-order chi connectivity index (χ1) is 16.9. The Morgan fingerprint density at radius 1 is 1.00 bits per heavy atom. The Labute approximate surface area is 205 Å². The number of benzene rings is 3. The van der Waals surface area contributed by atoms with Crippen molar-refractivity contribution in [2.75, 3.05) is 19.0 Å². The van der Waals surface area contributed by atoms with Crippen molar-refractivity contribution in [3.05, 3.63) is 89.0 Å². The van der Waals surface area contributed by atoms with Gasteiger partial charge in [0.15, 0.2) is 12.2 Å². The van der Waals surface area contributed by atoms with E-state index in [0.29, 0.717) is 33.4 Å². The molecule has 0 spiro atoms. The summed E-state index contributed by atoms with van der Waals surface area (Å²) in [6, 6.07) is 19.3. The molecule has 9 heteroatoms. The number of aryl methyl sites for hydroxylation is 1. The van der Waals surface area contributed by atoms with Gasteiger partial charge in [-0.05, 0) is 48.4 Å². The Balaban J connectivity index is 1.37. The lowest BCUT2D eigenvalue weighted by Gasteiger charge is -2.11. The van der Waals surface area contributed by atoms with Gasteiger partial charge in [-0.1, -0.05) is 48.2 Å². The molecule has 1 amide bonds. The van der Waals surface area contributed by atoms with Crippen LogP contribution < -0.4 is 5.32 Å². The summed E-state index contributed by atoms with van der Waals surface area (Å²) in [6.45, 7) is 1.31. The minimum Gasteiger partial charge on any atom is -0.465 e. The molecule has 1 N–H and O–H groups in total. The Kier molecular flexibility index (Phi) is 7.47. The summed E-state index contributed by atoms with van der Waals surface area (Å²) < 4.78 is 15.7. The number of para-hydroxylation sites is 2. The summed E-state index contributed by atoms with van der Waals surface area (Å²) in [6.07, 6.45) is 0. The number of carbonyl (C=O) groups excluding carboxylic acids is 3. The highest BCUT2D eigenvalue weighted by Gasteiger charge is 2.17. The van der Waals surface area contributed by atoms with Crippen molar-refractivity contribution in [2.24, 2.45) is 0 Å². The first-order valence-corrected chi connectivity index (χ1v) is 11.7. The van der Waals surface area contributed by atoms with Gasteiger partial charge in [0.1, 0.15) is 5.52 Å². The fourth-order valence-electron chi connectivity index (χ4n) is 3.29. The number of anilines is 1. The van der Waals surface area contributed by atoms with Crippen LogP contribution in [0.15, 0.2) is 76.4 Å². The fraction of sp³-hybridized carbons (Fsp3) is 0.154. The zero-order valence-electron chi connectivity index (χ0n) is 19.1. The zero-order valence-corrected chi connectivity index (χ0v) is 19.9. The molecular formula is C26H22N2O6S. The summed E-state index contributed by atoms with van der Waals surface area (Å²) >= 11 is 1.36. The van der Waals surface area contributed by atoms with Crippen LogP contribution in [0, 0.1) is 6.92 Å². The van der Waals surface area contributed by atoms with E-state index < -0.39 is 24.5 Å². The van der Waals surface area contributed by atoms with Crippen molar-refractivity contribution in [1.82, 2.24) is 4.98 Å². The van der Waals surface area contributed by atoms with E-state index in [4.69, 9.17) is 13.9 Å². The molecule has 0 saturated carbocycles. The summed E-state index contributed by atoms with van der Waals surface area (Å²) in [5.41, 5.74) is 4.03. The highest BCUT2D eigenvalue weighted by atomic mass is 32.2. The van der Waals surface area contributed by atoms with Gasteiger partial charge in [0.25, 0.3) is 11.1 Å². The first kappa shape index (κ1) is 24.0. The van der Waals surface area contributed by atoms with E-state index in [-0.39, 0.29) is 0 Å². The zero-order chi connectivity index (χ0) is 24.8. The SMILES string of the molecule is COC(=O)c1ccc(C)c(NC(=O)COC(=O)c2ccccc2CSc2nc3ccccc3o2)c1. The number of esters is 2. The van der Waals surface area contributed by atoms with Crippen molar-refractivity contribution in [1.29, 1.82) is 0 Å². The van der Waals surface area contributed by atoms with Crippen LogP contribution in [-0.2, 0) is 20.0 Å². The standard InChI is InChI=1S/C26H22N2O6S/c1-16-11-12-17(24(30)32-2)13-21(16)27-23(29)14-33-25(31)19-8-4-3-7-18(19)15-35-26-28-20-9-5-6-10-22(20)34-26/h3-13H,14-15H2,1-2H3,(H,27,29). The van der Waals surface area contributed by atoms with Gasteiger partial charge in [-0.3, -0.25) is 4.79 Å². The van der Waals surface area contributed by atoms with Gasteiger partial charge in [0, 0.05) is 11.4 Å². The van der Waals surface area contributed by atoms with Gasteiger partial charge in [-0.15, -0.1) is 0 Å². The van der Waals surface area contributed by atoms with Crippen LogP contribution in [0.2, 0.25) is 0 Å². The van der Waals surface area contributed by atoms with E-state index in [1.807, 2.05) is 36.4 Å². The number of fused-ring (bicyclic) bond motifs is 1. The number of rotatable bonds is 8. The van der Waals surface area contributed by atoms with Crippen LogP contribution in [0.5, 0.6) is 0 Å². The van der Waals surface area contributed by atoms with Crippen LogP contribution >= 0.6 is 11.8 Å². The Morgan fingerprint density at radius 3 is 2.57 bits per heavy atom. The molecule has 4 aromatic rings. The minimum atomic E-state index is -0.617.